The lowest BCUT2D eigenvalue weighted by molar-refractivity contribution is 0.0942. The van der Waals surface area contributed by atoms with Crippen LogP contribution in [0.3, 0.4) is 0 Å². The maximum atomic E-state index is 12.1. The minimum atomic E-state index is -0.189. The van der Waals surface area contributed by atoms with Crippen molar-refractivity contribution in [2.45, 2.75) is 13.8 Å². The van der Waals surface area contributed by atoms with Crippen LogP contribution in [0.25, 0.3) is 5.70 Å². The van der Waals surface area contributed by atoms with Crippen molar-refractivity contribution in [3.63, 3.8) is 0 Å². The Morgan fingerprint density at radius 2 is 1.71 bits per heavy atom. The monoisotopic (exact) mass is 282 g/mol. The molecular formula is C17H18N2O2. The minimum absolute atomic E-state index is 0.189. The molecule has 0 spiro atoms. The van der Waals surface area contributed by atoms with Crippen LogP contribution in [0.1, 0.15) is 28.4 Å². The Morgan fingerprint density at radius 3 is 2.33 bits per heavy atom. The highest BCUT2D eigenvalue weighted by Crippen LogP contribution is 2.15. The van der Waals surface area contributed by atoms with Crippen molar-refractivity contribution in [2.24, 2.45) is 0 Å². The zero-order chi connectivity index (χ0) is 15.2. The fourth-order valence-corrected chi connectivity index (χ4v) is 1.97. The molecule has 2 aromatic carbocycles. The van der Waals surface area contributed by atoms with Gasteiger partial charge < -0.3 is 5.11 Å². The number of rotatable bonds is 4. The van der Waals surface area contributed by atoms with E-state index < -0.39 is 0 Å². The van der Waals surface area contributed by atoms with Gasteiger partial charge in [-0.15, -0.1) is 0 Å². The molecule has 0 aliphatic heterocycles. The van der Waals surface area contributed by atoms with Gasteiger partial charge in [-0.3, -0.25) is 15.6 Å². The number of aryl methyl sites for hydroxylation is 1. The van der Waals surface area contributed by atoms with Gasteiger partial charge in [0.05, 0.1) is 5.70 Å². The van der Waals surface area contributed by atoms with E-state index in [-0.39, 0.29) is 11.7 Å². The Morgan fingerprint density at radius 1 is 1.05 bits per heavy atom. The molecule has 2 rings (SSSR count). The maximum Gasteiger partial charge on any atom is 0.269 e. The van der Waals surface area contributed by atoms with E-state index in [0.29, 0.717) is 5.56 Å². The second kappa shape index (κ2) is 6.61. The molecule has 3 N–H and O–H groups in total. The maximum absolute atomic E-state index is 12.1. The Hall–Kier alpha value is -2.75. The normalized spacial score (nSPS) is 11.0. The first-order chi connectivity index (χ1) is 10.1. The predicted molar refractivity (Wildman–Crippen MR) is 83.5 cm³/mol. The molecule has 0 saturated heterocycles. The van der Waals surface area contributed by atoms with Gasteiger partial charge in [0.25, 0.3) is 5.91 Å². The average molecular weight is 282 g/mol. The molecule has 0 bridgehead atoms. The lowest BCUT2D eigenvalue weighted by Gasteiger charge is -2.13. The summed E-state index contributed by atoms with van der Waals surface area (Å²) in [6.07, 6.45) is 1.85. The van der Waals surface area contributed by atoms with E-state index in [1.807, 2.05) is 38.1 Å². The Balaban J connectivity index is 2.06. The molecule has 108 valence electrons. The molecule has 0 fully saturated rings. The smallest absolute Gasteiger partial charge is 0.269 e. The number of nitrogens with one attached hydrogen (secondary N) is 2. The fraction of sp³-hybridized carbons (Fsp3) is 0.118. The highest BCUT2D eigenvalue weighted by Gasteiger charge is 2.08. The average Bonchev–Trinajstić information content (AvgIpc) is 2.49. The summed E-state index contributed by atoms with van der Waals surface area (Å²) in [6.45, 7) is 3.76. The number of phenols is 1. The number of hydrazine groups is 1. The molecule has 0 unspecified atom stereocenters. The second-order valence-electron chi connectivity index (χ2n) is 4.64. The van der Waals surface area contributed by atoms with Crippen LogP contribution < -0.4 is 10.9 Å². The highest BCUT2D eigenvalue weighted by molar-refractivity contribution is 5.95. The molecule has 0 saturated carbocycles. The van der Waals surface area contributed by atoms with E-state index in [2.05, 4.69) is 10.9 Å². The third-order valence-electron chi connectivity index (χ3n) is 3.17. The lowest BCUT2D eigenvalue weighted by Crippen LogP contribution is -2.36. The zero-order valence-electron chi connectivity index (χ0n) is 12.1. The number of benzene rings is 2. The van der Waals surface area contributed by atoms with Crippen LogP contribution in [0.5, 0.6) is 5.75 Å². The van der Waals surface area contributed by atoms with Crippen LogP contribution in [0, 0.1) is 6.92 Å². The van der Waals surface area contributed by atoms with Crippen molar-refractivity contribution in [1.82, 2.24) is 10.9 Å². The highest BCUT2D eigenvalue weighted by atomic mass is 16.3. The van der Waals surface area contributed by atoms with E-state index in [1.165, 1.54) is 0 Å². The molecule has 0 aliphatic rings. The fourth-order valence-electron chi connectivity index (χ4n) is 1.97. The quantitative estimate of drug-likeness (QED) is 0.755. The van der Waals surface area contributed by atoms with Crippen molar-refractivity contribution in [3.8, 4) is 5.75 Å². The first-order valence-corrected chi connectivity index (χ1v) is 6.69. The number of hydrogen-bond donors (Lipinski definition) is 3. The van der Waals surface area contributed by atoms with Gasteiger partial charge in [-0.1, -0.05) is 24.3 Å². The molecular weight excluding hydrogens is 264 g/mol. The van der Waals surface area contributed by atoms with Crippen LogP contribution in [-0.4, -0.2) is 11.0 Å². The van der Waals surface area contributed by atoms with Crippen molar-refractivity contribution in [1.29, 1.82) is 0 Å². The Bertz CT molecular complexity index is 661. The topological polar surface area (TPSA) is 61.4 Å². The summed E-state index contributed by atoms with van der Waals surface area (Å²) in [5, 5.41) is 9.30. The zero-order valence-corrected chi connectivity index (χ0v) is 12.1. The number of phenolic OH excluding ortho intramolecular Hbond substituents is 1. The first-order valence-electron chi connectivity index (χ1n) is 6.69. The van der Waals surface area contributed by atoms with Gasteiger partial charge >= 0.3 is 0 Å². The standard InChI is InChI=1S/C17H18N2O2/c1-3-16(13-8-10-14(20)11-9-13)18-19-17(21)15-7-5-4-6-12(15)2/h3-11,18,20H,1-2H3,(H,19,21). The number of hydrogen-bond acceptors (Lipinski definition) is 3. The number of amides is 1. The summed E-state index contributed by atoms with van der Waals surface area (Å²) in [6, 6.07) is 14.2. The molecule has 0 atom stereocenters. The van der Waals surface area contributed by atoms with Crippen LogP contribution in [0.15, 0.2) is 54.6 Å². The summed E-state index contributed by atoms with van der Waals surface area (Å²) in [5.74, 6) is 0.0179. The molecule has 21 heavy (non-hydrogen) atoms. The van der Waals surface area contributed by atoms with Crippen molar-refractivity contribution in [2.75, 3.05) is 0 Å². The van der Waals surface area contributed by atoms with Gasteiger partial charge in [-0.05, 0) is 55.3 Å². The summed E-state index contributed by atoms with van der Waals surface area (Å²) >= 11 is 0. The molecule has 0 radical (unpaired) electrons. The lowest BCUT2D eigenvalue weighted by atomic mass is 10.1. The summed E-state index contributed by atoms with van der Waals surface area (Å²) in [7, 11) is 0. The summed E-state index contributed by atoms with van der Waals surface area (Å²) < 4.78 is 0. The third-order valence-corrected chi connectivity index (χ3v) is 3.17. The predicted octanol–water partition coefficient (Wildman–Crippen LogP) is 3.00. The molecule has 4 heteroatoms. The van der Waals surface area contributed by atoms with Crippen molar-refractivity contribution < 1.29 is 9.90 Å². The second-order valence-corrected chi connectivity index (χ2v) is 4.64. The van der Waals surface area contributed by atoms with Gasteiger partial charge in [-0.2, -0.15) is 0 Å². The van der Waals surface area contributed by atoms with Crippen LogP contribution in [0.2, 0.25) is 0 Å². The van der Waals surface area contributed by atoms with Crippen LogP contribution in [-0.2, 0) is 0 Å². The largest absolute Gasteiger partial charge is 0.508 e. The number of carbonyl (C=O) groups is 1. The van der Waals surface area contributed by atoms with Gasteiger partial charge in [-0.25, -0.2) is 0 Å². The van der Waals surface area contributed by atoms with E-state index in [9.17, 15) is 9.90 Å². The summed E-state index contributed by atoms with van der Waals surface area (Å²) in [5.41, 5.74) is 8.78. The number of carbonyl (C=O) groups excluding carboxylic acids is 1. The van der Waals surface area contributed by atoms with Gasteiger partial charge in [0, 0.05) is 5.56 Å². The van der Waals surface area contributed by atoms with Crippen molar-refractivity contribution >= 4 is 11.6 Å². The molecule has 1 amide bonds. The Labute approximate surface area is 124 Å². The van der Waals surface area contributed by atoms with Crippen LogP contribution >= 0.6 is 0 Å². The molecule has 2 aromatic rings. The van der Waals surface area contributed by atoms with E-state index in [4.69, 9.17) is 0 Å². The van der Waals surface area contributed by atoms with E-state index in [1.54, 1.807) is 30.3 Å². The summed E-state index contributed by atoms with van der Waals surface area (Å²) in [4.78, 5) is 12.1. The minimum Gasteiger partial charge on any atom is -0.508 e. The van der Waals surface area contributed by atoms with Gasteiger partial charge in [0.15, 0.2) is 0 Å². The van der Waals surface area contributed by atoms with E-state index >= 15 is 0 Å². The molecule has 0 aromatic heterocycles. The third kappa shape index (κ3) is 3.63. The van der Waals surface area contributed by atoms with Gasteiger partial charge in [0.2, 0.25) is 0 Å². The SMILES string of the molecule is CC=C(NNC(=O)c1ccccc1C)c1ccc(O)cc1. The van der Waals surface area contributed by atoms with Gasteiger partial charge in [0.1, 0.15) is 5.75 Å². The van der Waals surface area contributed by atoms with Crippen molar-refractivity contribution in [3.05, 3.63) is 71.3 Å². The Kier molecular flexibility index (Phi) is 4.61. The molecule has 0 aliphatic carbocycles. The number of allylic oxidation sites excluding steroid dienone is 1. The first kappa shape index (κ1) is 14.7. The molecule has 0 heterocycles. The molecule has 4 nitrogen and oxygen atoms in total. The van der Waals surface area contributed by atoms with E-state index in [0.717, 1.165) is 16.8 Å². The number of aromatic hydroxyl groups is 1. The van der Waals surface area contributed by atoms with Crippen LogP contribution in [0.4, 0.5) is 0 Å².